The van der Waals surface area contributed by atoms with Crippen LogP contribution in [0.4, 0.5) is 9.80 Å². The highest BCUT2D eigenvalue weighted by Gasteiger charge is 2.30. The number of urea groups is 1. The molecular weight excluding hydrogens is 526 g/mol. The number of nitrogens with zero attached hydrogens (tertiary/aromatic N) is 2. The average Bonchev–Trinajstić information content (AvgIpc) is 3.25. The van der Waals surface area contributed by atoms with Crippen LogP contribution in [-0.4, -0.2) is 68.7 Å². The number of hydrogen-bond acceptors (Lipinski definition) is 7. The summed E-state index contributed by atoms with van der Waals surface area (Å²) < 4.78 is 27.6. The Hall–Kier alpha value is -2.80. The highest BCUT2D eigenvalue weighted by molar-refractivity contribution is 7.89. The van der Waals surface area contributed by atoms with Crippen molar-refractivity contribution >= 4 is 44.2 Å². The van der Waals surface area contributed by atoms with Gasteiger partial charge in [0.25, 0.3) is 11.8 Å². The Bertz CT molecular complexity index is 1250. The number of sulfonamides is 1. The van der Waals surface area contributed by atoms with E-state index in [2.05, 4.69) is 27.8 Å². The zero-order valence-corrected chi connectivity index (χ0v) is 24.1. The number of rotatable bonds is 11. The number of fused-ring (bicyclic) bond motifs is 1. The van der Waals surface area contributed by atoms with E-state index in [1.165, 1.54) is 47.0 Å². The Kier molecular flexibility index (Phi) is 10.4. The Balaban J connectivity index is 1.87. The summed E-state index contributed by atoms with van der Waals surface area (Å²) in [5.41, 5.74) is 1.40. The summed E-state index contributed by atoms with van der Waals surface area (Å²) in [6.07, 6.45) is 3.05. The first-order chi connectivity index (χ1) is 18.2. The van der Waals surface area contributed by atoms with Crippen molar-refractivity contribution in [2.75, 3.05) is 38.5 Å². The Morgan fingerprint density at radius 2 is 1.66 bits per heavy atom. The Morgan fingerprint density at radius 3 is 2.24 bits per heavy atom. The number of anilines is 1. The molecule has 0 atom stereocenters. The summed E-state index contributed by atoms with van der Waals surface area (Å²) in [6.45, 7) is 9.21. The number of imide groups is 1. The van der Waals surface area contributed by atoms with E-state index in [0.717, 1.165) is 30.0 Å². The monoisotopic (exact) mass is 563 g/mol. The van der Waals surface area contributed by atoms with E-state index < -0.39 is 27.9 Å². The van der Waals surface area contributed by atoms with Crippen LogP contribution >= 0.6 is 11.3 Å². The van der Waals surface area contributed by atoms with Gasteiger partial charge in [-0.25, -0.2) is 13.2 Å². The van der Waals surface area contributed by atoms with Crippen molar-refractivity contribution in [3.8, 4) is 0 Å². The molecule has 2 aromatic rings. The molecule has 0 bridgehead atoms. The number of benzene rings is 1. The number of thiophene rings is 1. The minimum Gasteiger partial charge on any atom is -0.341 e. The number of hydrogen-bond donors (Lipinski definition) is 3. The molecule has 1 aromatic carbocycles. The van der Waals surface area contributed by atoms with Gasteiger partial charge < -0.3 is 10.6 Å². The van der Waals surface area contributed by atoms with E-state index in [0.29, 0.717) is 49.5 Å². The summed E-state index contributed by atoms with van der Waals surface area (Å²) in [4.78, 5) is 41.4. The van der Waals surface area contributed by atoms with Gasteiger partial charge in [-0.05, 0) is 62.1 Å². The van der Waals surface area contributed by atoms with Gasteiger partial charge in [0.1, 0.15) is 5.00 Å². The molecule has 3 rings (SSSR count). The van der Waals surface area contributed by atoms with Crippen LogP contribution in [0.15, 0.2) is 29.2 Å². The van der Waals surface area contributed by atoms with E-state index in [-0.39, 0.29) is 10.5 Å². The van der Waals surface area contributed by atoms with Crippen molar-refractivity contribution < 1.29 is 22.8 Å². The minimum atomic E-state index is -3.66. The predicted octanol–water partition coefficient (Wildman–Crippen LogP) is 3.65. The fourth-order valence-corrected chi connectivity index (χ4v) is 7.38. The van der Waals surface area contributed by atoms with Gasteiger partial charge in [-0.3, -0.25) is 19.8 Å². The van der Waals surface area contributed by atoms with Gasteiger partial charge in [-0.15, -0.1) is 11.3 Å². The van der Waals surface area contributed by atoms with Crippen molar-refractivity contribution in [2.24, 2.45) is 0 Å². The van der Waals surface area contributed by atoms with Crippen LogP contribution in [0.1, 0.15) is 71.2 Å². The summed E-state index contributed by atoms with van der Waals surface area (Å²) in [5.74, 6) is -1.04. The van der Waals surface area contributed by atoms with Gasteiger partial charge in [0, 0.05) is 43.7 Å². The van der Waals surface area contributed by atoms with E-state index in [1.54, 1.807) is 0 Å². The van der Waals surface area contributed by atoms with Gasteiger partial charge in [-0.2, -0.15) is 4.31 Å². The van der Waals surface area contributed by atoms with Crippen LogP contribution < -0.4 is 16.0 Å². The third kappa shape index (κ3) is 6.79. The third-order valence-corrected chi connectivity index (χ3v) is 9.33. The first-order valence-electron chi connectivity index (χ1n) is 13.0. The van der Waals surface area contributed by atoms with Crippen molar-refractivity contribution in [1.82, 2.24) is 19.8 Å². The maximum atomic E-state index is 13.2. The number of carbonyl (C=O) groups is 3. The van der Waals surface area contributed by atoms with Crippen molar-refractivity contribution in [1.29, 1.82) is 0 Å². The van der Waals surface area contributed by atoms with E-state index in [1.807, 2.05) is 13.8 Å². The average molecular weight is 564 g/mol. The molecule has 3 N–H and O–H groups in total. The van der Waals surface area contributed by atoms with Gasteiger partial charge >= 0.3 is 6.03 Å². The Labute approximate surface area is 228 Å². The second-order valence-corrected chi connectivity index (χ2v) is 12.2. The molecule has 1 aliphatic heterocycles. The quantitative estimate of drug-likeness (QED) is 0.383. The lowest BCUT2D eigenvalue weighted by Gasteiger charge is -2.26. The number of nitrogens with one attached hydrogen (secondary N) is 3. The smallest absolute Gasteiger partial charge is 0.321 e. The molecule has 12 heteroatoms. The topological polar surface area (TPSA) is 128 Å². The van der Waals surface area contributed by atoms with Crippen molar-refractivity contribution in [3.63, 3.8) is 0 Å². The molecule has 2 heterocycles. The molecule has 0 radical (unpaired) electrons. The van der Waals surface area contributed by atoms with E-state index in [4.69, 9.17) is 0 Å². The summed E-state index contributed by atoms with van der Waals surface area (Å²) in [7, 11) is -2.24. The normalized spacial score (nSPS) is 13.7. The first kappa shape index (κ1) is 29.8. The predicted molar refractivity (Wildman–Crippen MR) is 149 cm³/mol. The fraction of sp³-hybridized carbons (Fsp3) is 0.500. The van der Waals surface area contributed by atoms with Crippen LogP contribution in [0, 0.1) is 0 Å². The molecule has 0 spiro atoms. The van der Waals surface area contributed by atoms with E-state index in [9.17, 15) is 22.8 Å². The lowest BCUT2D eigenvalue weighted by Crippen LogP contribution is -2.38. The molecule has 0 saturated carbocycles. The van der Waals surface area contributed by atoms with Gasteiger partial charge in [0.15, 0.2) is 0 Å². The third-order valence-electron chi connectivity index (χ3n) is 6.28. The molecule has 1 aliphatic rings. The first-order valence-corrected chi connectivity index (χ1v) is 15.2. The molecular formula is C26H37N5O5S2. The molecule has 208 valence electrons. The molecule has 0 fully saturated rings. The van der Waals surface area contributed by atoms with E-state index >= 15 is 0 Å². The van der Waals surface area contributed by atoms with Crippen LogP contribution in [0.25, 0.3) is 0 Å². The maximum Gasteiger partial charge on any atom is 0.321 e. The lowest BCUT2D eigenvalue weighted by atomic mass is 10.0. The Morgan fingerprint density at radius 1 is 1.00 bits per heavy atom. The lowest BCUT2D eigenvalue weighted by molar-refractivity contribution is 0.0964. The van der Waals surface area contributed by atoms with Crippen molar-refractivity contribution in [2.45, 2.75) is 57.9 Å². The molecule has 0 unspecified atom stereocenters. The summed E-state index contributed by atoms with van der Waals surface area (Å²) >= 11 is 1.33. The SMILES string of the molecule is CCCN1CCc2c(sc(NC(=O)c3ccc(S(=O)(=O)N(CCC)CCC)cc3)c2C(=O)NC(=O)NC)C1. The highest BCUT2D eigenvalue weighted by atomic mass is 32.2. The van der Waals surface area contributed by atoms with Crippen LogP contribution in [0.3, 0.4) is 0 Å². The zero-order valence-electron chi connectivity index (χ0n) is 22.4. The largest absolute Gasteiger partial charge is 0.341 e. The molecule has 38 heavy (non-hydrogen) atoms. The van der Waals surface area contributed by atoms with Gasteiger partial charge in [0.05, 0.1) is 10.5 Å². The fourth-order valence-electron chi connectivity index (χ4n) is 4.47. The number of carbonyl (C=O) groups excluding carboxylic acids is 3. The zero-order chi connectivity index (χ0) is 27.9. The second kappa shape index (κ2) is 13.3. The van der Waals surface area contributed by atoms with Crippen molar-refractivity contribution in [3.05, 3.63) is 45.8 Å². The van der Waals surface area contributed by atoms with Gasteiger partial charge in [-0.1, -0.05) is 20.8 Å². The number of amides is 4. The maximum absolute atomic E-state index is 13.2. The molecule has 1 aromatic heterocycles. The van der Waals surface area contributed by atoms with Crippen LogP contribution in [0.5, 0.6) is 0 Å². The van der Waals surface area contributed by atoms with Crippen LogP contribution in [0.2, 0.25) is 0 Å². The summed E-state index contributed by atoms with van der Waals surface area (Å²) in [5, 5.41) is 7.88. The molecule has 10 nitrogen and oxygen atoms in total. The highest BCUT2D eigenvalue weighted by Crippen LogP contribution is 2.37. The molecule has 0 saturated heterocycles. The standard InChI is InChI=1S/C26H37N5O5S2/c1-5-13-30-16-12-20-21(17-30)37-25(22(20)24(33)29-26(34)27-4)28-23(32)18-8-10-19(11-9-18)38(35,36)31(14-6-2)15-7-3/h8-11H,5-7,12-17H2,1-4H3,(H,28,32)(H2,27,29,33,34). The molecule has 0 aliphatic carbocycles. The molecule has 4 amide bonds. The second-order valence-electron chi connectivity index (χ2n) is 9.15. The summed E-state index contributed by atoms with van der Waals surface area (Å²) in [6, 6.07) is 5.18. The van der Waals surface area contributed by atoms with Crippen LogP contribution in [-0.2, 0) is 23.0 Å². The minimum absolute atomic E-state index is 0.129. The van der Waals surface area contributed by atoms with Gasteiger partial charge in [0.2, 0.25) is 10.0 Å².